The fraction of sp³-hybridized carbons (Fsp3) is 0.600. The maximum atomic E-state index is 6.28. The summed E-state index contributed by atoms with van der Waals surface area (Å²) in [5.41, 5.74) is 1.38. The zero-order valence-electron chi connectivity index (χ0n) is 12.4. The average molecular weight is 348 g/mol. The van der Waals surface area contributed by atoms with Gasteiger partial charge in [0, 0.05) is 28.6 Å². The van der Waals surface area contributed by atoms with Crippen LogP contribution in [0.25, 0.3) is 0 Å². The van der Waals surface area contributed by atoms with Gasteiger partial charge < -0.3 is 10.2 Å². The van der Waals surface area contributed by atoms with Crippen molar-refractivity contribution in [2.75, 3.05) is 27.2 Å². The fourth-order valence-corrected chi connectivity index (χ4v) is 3.14. The lowest BCUT2D eigenvalue weighted by Crippen LogP contribution is -2.38. The van der Waals surface area contributed by atoms with Crippen molar-refractivity contribution in [2.24, 2.45) is 5.41 Å². The van der Waals surface area contributed by atoms with Gasteiger partial charge in [0.15, 0.2) is 0 Å². The minimum absolute atomic E-state index is 0.236. The van der Waals surface area contributed by atoms with Gasteiger partial charge in [-0.25, -0.2) is 0 Å². The van der Waals surface area contributed by atoms with Crippen molar-refractivity contribution in [3.05, 3.63) is 33.3 Å². The summed E-state index contributed by atoms with van der Waals surface area (Å²) in [7, 11) is 4.22. The Morgan fingerprint density at radius 2 is 2.00 bits per heavy atom. The molecule has 0 amide bonds. The molecule has 1 rings (SSSR count). The van der Waals surface area contributed by atoms with Gasteiger partial charge in [-0.2, -0.15) is 0 Å². The highest BCUT2D eigenvalue weighted by Crippen LogP contribution is 2.27. The van der Waals surface area contributed by atoms with Crippen molar-refractivity contribution in [1.29, 1.82) is 0 Å². The molecule has 1 unspecified atom stereocenters. The van der Waals surface area contributed by atoms with Crippen LogP contribution in [0, 0.1) is 5.41 Å². The molecule has 0 saturated heterocycles. The van der Waals surface area contributed by atoms with Crippen molar-refractivity contribution < 1.29 is 0 Å². The number of nitrogens with zero attached hydrogens (tertiary/aromatic N) is 1. The average Bonchev–Trinajstić information content (AvgIpc) is 2.24. The van der Waals surface area contributed by atoms with E-state index in [1.807, 2.05) is 12.1 Å². The topological polar surface area (TPSA) is 15.3 Å². The molecule has 1 aromatic rings. The molecule has 0 fully saturated rings. The largest absolute Gasteiger partial charge is 0.310 e. The summed E-state index contributed by atoms with van der Waals surface area (Å²) in [5.74, 6) is 0. The third-order valence-corrected chi connectivity index (χ3v) is 3.88. The van der Waals surface area contributed by atoms with Crippen LogP contribution in [0.3, 0.4) is 0 Å². The molecule has 1 atom stereocenters. The monoisotopic (exact) mass is 346 g/mol. The summed E-state index contributed by atoms with van der Waals surface area (Å²) in [5, 5.41) is 4.38. The lowest BCUT2D eigenvalue weighted by Gasteiger charge is -2.30. The van der Waals surface area contributed by atoms with E-state index in [2.05, 4.69) is 67.1 Å². The van der Waals surface area contributed by atoms with Crippen molar-refractivity contribution in [3.63, 3.8) is 0 Å². The molecule has 1 N–H and O–H groups in total. The van der Waals surface area contributed by atoms with Crippen LogP contribution in [-0.2, 0) is 0 Å². The molecular weight excluding hydrogens is 324 g/mol. The summed E-state index contributed by atoms with van der Waals surface area (Å²) in [6.07, 6.45) is 0. The second-order valence-corrected chi connectivity index (χ2v) is 7.49. The molecule has 2 nitrogen and oxygen atoms in total. The summed E-state index contributed by atoms with van der Waals surface area (Å²) in [4.78, 5) is 2.22. The van der Waals surface area contributed by atoms with Crippen molar-refractivity contribution in [1.82, 2.24) is 10.2 Å². The van der Waals surface area contributed by atoms with Gasteiger partial charge in [0.05, 0.1) is 0 Å². The molecule has 0 aliphatic rings. The molecule has 4 heteroatoms. The molecular formula is C15H24BrClN2. The van der Waals surface area contributed by atoms with Crippen LogP contribution < -0.4 is 5.32 Å². The van der Waals surface area contributed by atoms with Crippen LogP contribution in [0.15, 0.2) is 22.7 Å². The van der Waals surface area contributed by atoms with Crippen LogP contribution in [0.5, 0.6) is 0 Å². The molecule has 0 radical (unpaired) electrons. The summed E-state index contributed by atoms with van der Waals surface area (Å²) in [6.45, 7) is 8.71. The van der Waals surface area contributed by atoms with Gasteiger partial charge in [-0.15, -0.1) is 0 Å². The number of halogens is 2. The van der Waals surface area contributed by atoms with Crippen LogP contribution in [-0.4, -0.2) is 32.1 Å². The Morgan fingerprint density at radius 3 is 2.53 bits per heavy atom. The second kappa shape index (κ2) is 7.07. The fourth-order valence-electron chi connectivity index (χ4n) is 2.30. The van der Waals surface area contributed by atoms with E-state index in [4.69, 9.17) is 11.6 Å². The van der Waals surface area contributed by atoms with Crippen LogP contribution in [0.2, 0.25) is 5.02 Å². The number of nitrogens with one attached hydrogen (secondary N) is 1. The van der Waals surface area contributed by atoms with E-state index in [-0.39, 0.29) is 11.5 Å². The van der Waals surface area contributed by atoms with Crippen LogP contribution in [0.1, 0.15) is 32.4 Å². The first kappa shape index (κ1) is 17.0. The normalized spacial score (nSPS) is 13.9. The highest BCUT2D eigenvalue weighted by Gasteiger charge is 2.20. The van der Waals surface area contributed by atoms with Crippen LogP contribution >= 0.6 is 27.5 Å². The van der Waals surface area contributed by atoms with E-state index in [1.54, 1.807) is 0 Å². The number of rotatable bonds is 6. The van der Waals surface area contributed by atoms with Crippen molar-refractivity contribution in [3.8, 4) is 0 Å². The van der Waals surface area contributed by atoms with Gasteiger partial charge in [0.2, 0.25) is 0 Å². The van der Waals surface area contributed by atoms with E-state index in [0.29, 0.717) is 0 Å². The molecule has 0 aliphatic heterocycles. The van der Waals surface area contributed by atoms with Crippen LogP contribution in [0.4, 0.5) is 0 Å². The van der Waals surface area contributed by atoms with Gasteiger partial charge >= 0.3 is 0 Å². The van der Waals surface area contributed by atoms with E-state index in [0.717, 1.165) is 28.1 Å². The molecule has 19 heavy (non-hydrogen) atoms. The highest BCUT2D eigenvalue weighted by molar-refractivity contribution is 9.10. The molecule has 0 bridgehead atoms. The van der Waals surface area contributed by atoms with Gasteiger partial charge in [-0.05, 0) is 44.1 Å². The molecule has 0 spiro atoms. The maximum Gasteiger partial charge on any atom is 0.0464 e. The lowest BCUT2D eigenvalue weighted by molar-refractivity contribution is 0.227. The lowest BCUT2D eigenvalue weighted by atomic mass is 9.92. The van der Waals surface area contributed by atoms with E-state index in [1.165, 1.54) is 0 Å². The summed E-state index contributed by atoms with van der Waals surface area (Å²) in [6, 6.07) is 6.30. The molecule has 0 aliphatic carbocycles. The Hall–Kier alpha value is -0.0900. The van der Waals surface area contributed by atoms with E-state index >= 15 is 0 Å². The molecule has 1 aromatic carbocycles. The SMILES string of the molecule is CC(NCC(C)(C)CN(C)C)c1ccc(Br)cc1Cl. The quantitative estimate of drug-likeness (QED) is 0.823. The Bertz CT molecular complexity index is 419. The molecule has 0 aromatic heterocycles. The molecule has 0 saturated carbocycles. The van der Waals surface area contributed by atoms with E-state index in [9.17, 15) is 0 Å². The second-order valence-electron chi connectivity index (χ2n) is 6.17. The highest BCUT2D eigenvalue weighted by atomic mass is 79.9. The smallest absolute Gasteiger partial charge is 0.0464 e. The number of benzene rings is 1. The zero-order valence-corrected chi connectivity index (χ0v) is 14.8. The third kappa shape index (κ3) is 5.82. The maximum absolute atomic E-state index is 6.28. The summed E-state index contributed by atoms with van der Waals surface area (Å²) >= 11 is 9.71. The molecule has 108 valence electrons. The van der Waals surface area contributed by atoms with Gasteiger partial charge in [0.25, 0.3) is 0 Å². The first-order chi connectivity index (χ1) is 8.71. The van der Waals surface area contributed by atoms with Crippen molar-refractivity contribution in [2.45, 2.75) is 26.8 Å². The van der Waals surface area contributed by atoms with Gasteiger partial charge in [-0.3, -0.25) is 0 Å². The summed E-state index contributed by atoms with van der Waals surface area (Å²) < 4.78 is 1.02. The predicted molar refractivity (Wildman–Crippen MR) is 87.9 cm³/mol. The zero-order chi connectivity index (χ0) is 14.6. The van der Waals surface area contributed by atoms with Gasteiger partial charge in [0.1, 0.15) is 0 Å². The molecule has 0 heterocycles. The first-order valence-corrected chi connectivity index (χ1v) is 7.71. The number of hydrogen-bond donors (Lipinski definition) is 1. The minimum atomic E-state index is 0.236. The standard InChI is InChI=1S/C15H24BrClN2/c1-11(13-7-6-12(16)8-14(13)17)18-9-15(2,3)10-19(4)5/h6-8,11,18H,9-10H2,1-5H3. The minimum Gasteiger partial charge on any atom is -0.310 e. The first-order valence-electron chi connectivity index (χ1n) is 6.54. The van der Waals surface area contributed by atoms with Crippen molar-refractivity contribution >= 4 is 27.5 Å². The Kier molecular flexibility index (Phi) is 6.31. The Labute approximate surface area is 130 Å². The number of hydrogen-bond acceptors (Lipinski definition) is 2. The third-order valence-electron chi connectivity index (χ3n) is 3.06. The van der Waals surface area contributed by atoms with E-state index < -0.39 is 0 Å². The van der Waals surface area contributed by atoms with Gasteiger partial charge in [-0.1, -0.05) is 47.4 Å². The Balaban J connectivity index is 2.62. The Morgan fingerprint density at radius 1 is 1.37 bits per heavy atom. The predicted octanol–water partition coefficient (Wildman–Crippen LogP) is 4.34.